The largest absolute Gasteiger partial charge is 0.462 e. The number of ether oxygens (including phenoxy) is 1. The van der Waals surface area contributed by atoms with Crippen LogP contribution in [0.2, 0.25) is 0 Å². The lowest BCUT2D eigenvalue weighted by Gasteiger charge is -2.13. The summed E-state index contributed by atoms with van der Waals surface area (Å²) in [5.41, 5.74) is 6.03. The number of carbonyl (C=O) groups excluding carboxylic acids is 2. The van der Waals surface area contributed by atoms with Gasteiger partial charge in [-0.3, -0.25) is 4.79 Å². The van der Waals surface area contributed by atoms with Crippen LogP contribution in [-0.2, 0) is 35.0 Å². The molecule has 1 aromatic carbocycles. The number of amides is 1. The molecule has 10 heteroatoms. The number of fused-ring (bicyclic) bond motifs is 1. The predicted octanol–water partition coefficient (Wildman–Crippen LogP) is 5.92. The van der Waals surface area contributed by atoms with Gasteiger partial charge in [0.05, 0.1) is 30.4 Å². The summed E-state index contributed by atoms with van der Waals surface area (Å²) < 4.78 is 46.1. The van der Waals surface area contributed by atoms with Crippen LogP contribution < -0.4 is 5.43 Å². The zero-order chi connectivity index (χ0) is 26.7. The number of esters is 1. The van der Waals surface area contributed by atoms with E-state index in [0.29, 0.717) is 12.2 Å². The average molecular weight is 532 g/mol. The fourth-order valence-electron chi connectivity index (χ4n) is 4.61. The molecule has 6 nitrogen and oxygen atoms in total. The quantitative estimate of drug-likeness (QED) is 0.234. The molecule has 4 rings (SSSR count). The zero-order valence-electron chi connectivity index (χ0n) is 20.9. The first-order chi connectivity index (χ1) is 17.6. The van der Waals surface area contributed by atoms with E-state index in [1.54, 1.807) is 18.3 Å². The van der Waals surface area contributed by atoms with Gasteiger partial charge in [0.25, 0.3) is 0 Å². The van der Waals surface area contributed by atoms with E-state index in [2.05, 4.69) is 10.5 Å². The molecule has 1 aliphatic rings. The number of aromatic nitrogens is 1. The molecular formula is C27H28F3N3O3S. The van der Waals surface area contributed by atoms with Gasteiger partial charge in [0, 0.05) is 21.8 Å². The van der Waals surface area contributed by atoms with Crippen molar-refractivity contribution in [2.75, 3.05) is 6.61 Å². The molecule has 0 fully saturated rings. The molecular weight excluding hydrogens is 503 g/mol. The summed E-state index contributed by atoms with van der Waals surface area (Å²) in [7, 11) is 0. The van der Waals surface area contributed by atoms with E-state index < -0.39 is 17.6 Å². The van der Waals surface area contributed by atoms with Gasteiger partial charge in [-0.1, -0.05) is 18.2 Å². The number of rotatable bonds is 7. The van der Waals surface area contributed by atoms with Gasteiger partial charge in [0.2, 0.25) is 5.91 Å². The monoisotopic (exact) mass is 531 g/mol. The van der Waals surface area contributed by atoms with Crippen LogP contribution in [0.3, 0.4) is 0 Å². The van der Waals surface area contributed by atoms with Crippen molar-refractivity contribution in [1.29, 1.82) is 0 Å². The average Bonchev–Trinajstić information content (AvgIpc) is 3.35. The van der Waals surface area contributed by atoms with Gasteiger partial charge in [-0.05, 0) is 69.7 Å². The normalized spacial score (nSPS) is 13.6. The molecule has 1 amide bonds. The number of nitrogens with one attached hydrogen (secondary N) is 1. The zero-order valence-corrected chi connectivity index (χ0v) is 21.7. The smallest absolute Gasteiger partial charge is 0.416 e. The van der Waals surface area contributed by atoms with Gasteiger partial charge in [0.1, 0.15) is 5.00 Å². The lowest BCUT2D eigenvalue weighted by atomic mass is 9.95. The first-order valence-electron chi connectivity index (χ1n) is 12.1. The molecule has 37 heavy (non-hydrogen) atoms. The second-order valence-electron chi connectivity index (χ2n) is 8.94. The Morgan fingerprint density at radius 1 is 1.19 bits per heavy atom. The highest BCUT2D eigenvalue weighted by Crippen LogP contribution is 2.39. The Bertz CT molecular complexity index is 1350. The Morgan fingerprint density at radius 2 is 1.95 bits per heavy atom. The van der Waals surface area contributed by atoms with Gasteiger partial charge >= 0.3 is 12.1 Å². The third kappa shape index (κ3) is 5.79. The molecule has 0 bridgehead atoms. The van der Waals surface area contributed by atoms with Crippen LogP contribution in [0, 0.1) is 13.8 Å². The SMILES string of the molecule is CCOC(=O)c1c(-n2c(C)cc(/C=N/NC(=O)Cc3cccc(C(F)(F)F)c3)c2C)sc2c1CCCC2. The van der Waals surface area contributed by atoms with E-state index in [9.17, 15) is 22.8 Å². The van der Waals surface area contributed by atoms with Crippen molar-refractivity contribution in [3.8, 4) is 5.00 Å². The maximum absolute atomic E-state index is 12.9. The van der Waals surface area contributed by atoms with Crippen molar-refractivity contribution >= 4 is 29.4 Å². The number of aryl methyl sites for hydroxylation is 2. The fraction of sp³-hybridized carbons (Fsp3) is 0.370. The van der Waals surface area contributed by atoms with Crippen molar-refractivity contribution in [2.45, 2.75) is 59.1 Å². The van der Waals surface area contributed by atoms with Crippen LogP contribution in [0.4, 0.5) is 13.2 Å². The fourth-order valence-corrected chi connectivity index (χ4v) is 6.10. The predicted molar refractivity (Wildman–Crippen MR) is 137 cm³/mol. The van der Waals surface area contributed by atoms with Gasteiger partial charge in [-0.15, -0.1) is 11.3 Å². The first-order valence-corrected chi connectivity index (χ1v) is 12.9. The molecule has 0 unspecified atom stereocenters. The third-order valence-corrected chi connectivity index (χ3v) is 7.59. The van der Waals surface area contributed by atoms with Gasteiger partial charge in [-0.25, -0.2) is 10.2 Å². The first kappa shape index (κ1) is 26.7. The lowest BCUT2D eigenvalue weighted by Crippen LogP contribution is -2.20. The molecule has 0 radical (unpaired) electrons. The molecule has 2 heterocycles. The number of carbonyl (C=O) groups is 2. The highest BCUT2D eigenvalue weighted by Gasteiger charge is 2.31. The summed E-state index contributed by atoms with van der Waals surface area (Å²) in [6.45, 7) is 5.93. The van der Waals surface area contributed by atoms with Crippen LogP contribution in [-0.4, -0.2) is 29.3 Å². The minimum Gasteiger partial charge on any atom is -0.462 e. The van der Waals surface area contributed by atoms with Gasteiger partial charge in [-0.2, -0.15) is 18.3 Å². The second-order valence-corrected chi connectivity index (χ2v) is 10.0. The van der Waals surface area contributed by atoms with Crippen LogP contribution in [0.1, 0.15) is 68.6 Å². The standard InChI is InChI=1S/C27H28F3N3O3S/c1-4-36-26(35)24-21-10-5-6-11-22(21)37-25(24)33-16(2)12-19(17(33)3)15-31-32-23(34)14-18-8-7-9-20(13-18)27(28,29)30/h7-9,12-13,15H,4-6,10-11,14H2,1-3H3,(H,32,34)/b31-15+. The molecule has 1 aliphatic carbocycles. The molecule has 0 saturated carbocycles. The van der Waals surface area contributed by atoms with Gasteiger partial charge in [0.15, 0.2) is 0 Å². The molecule has 0 spiro atoms. The van der Waals surface area contributed by atoms with E-state index in [4.69, 9.17) is 4.74 Å². The Balaban J connectivity index is 1.54. The summed E-state index contributed by atoms with van der Waals surface area (Å²) in [6, 6.07) is 6.57. The third-order valence-electron chi connectivity index (χ3n) is 6.32. The summed E-state index contributed by atoms with van der Waals surface area (Å²) in [5, 5.41) is 4.85. The lowest BCUT2D eigenvalue weighted by molar-refractivity contribution is -0.137. The summed E-state index contributed by atoms with van der Waals surface area (Å²) in [5.74, 6) is -0.846. The van der Waals surface area contributed by atoms with E-state index in [1.807, 2.05) is 24.5 Å². The molecule has 0 aliphatic heterocycles. The van der Waals surface area contributed by atoms with Crippen LogP contribution in [0.15, 0.2) is 35.4 Å². The van der Waals surface area contributed by atoms with E-state index in [0.717, 1.165) is 65.3 Å². The van der Waals surface area contributed by atoms with Crippen molar-refractivity contribution in [1.82, 2.24) is 9.99 Å². The minimum atomic E-state index is -4.47. The Kier molecular flexibility index (Phi) is 7.87. The van der Waals surface area contributed by atoms with Crippen molar-refractivity contribution in [2.24, 2.45) is 5.10 Å². The number of hydrogen-bond donors (Lipinski definition) is 1. The van der Waals surface area contributed by atoms with Gasteiger partial charge < -0.3 is 9.30 Å². The highest BCUT2D eigenvalue weighted by atomic mass is 32.1. The van der Waals surface area contributed by atoms with Crippen molar-refractivity contribution in [3.05, 3.63) is 74.4 Å². The van der Waals surface area contributed by atoms with E-state index in [-0.39, 0.29) is 18.0 Å². The summed E-state index contributed by atoms with van der Waals surface area (Å²) in [6.07, 6.45) is 0.727. The Morgan fingerprint density at radius 3 is 2.68 bits per heavy atom. The molecule has 2 aromatic heterocycles. The van der Waals surface area contributed by atoms with Crippen molar-refractivity contribution in [3.63, 3.8) is 0 Å². The number of benzene rings is 1. The Hall–Kier alpha value is -3.40. The van der Waals surface area contributed by atoms with E-state index >= 15 is 0 Å². The molecule has 0 saturated heterocycles. The molecule has 3 aromatic rings. The van der Waals surface area contributed by atoms with E-state index in [1.165, 1.54) is 23.2 Å². The number of thiophene rings is 1. The number of halogens is 3. The molecule has 196 valence electrons. The molecule has 1 N–H and O–H groups in total. The summed E-state index contributed by atoms with van der Waals surface area (Å²) >= 11 is 1.61. The minimum absolute atomic E-state index is 0.232. The number of hydrazone groups is 1. The molecule has 0 atom stereocenters. The highest BCUT2D eigenvalue weighted by molar-refractivity contribution is 7.15. The van der Waals surface area contributed by atoms with Crippen LogP contribution in [0.5, 0.6) is 0 Å². The topological polar surface area (TPSA) is 72.7 Å². The Labute approximate surface area is 217 Å². The number of alkyl halides is 3. The maximum atomic E-state index is 12.9. The number of hydrogen-bond acceptors (Lipinski definition) is 5. The van der Waals surface area contributed by atoms with Crippen molar-refractivity contribution < 1.29 is 27.5 Å². The van der Waals surface area contributed by atoms with Crippen LogP contribution in [0.25, 0.3) is 5.00 Å². The number of nitrogens with zero attached hydrogens (tertiary/aromatic N) is 2. The van der Waals surface area contributed by atoms with Crippen LogP contribution >= 0.6 is 11.3 Å². The second kappa shape index (κ2) is 10.9. The summed E-state index contributed by atoms with van der Waals surface area (Å²) in [4.78, 5) is 26.4. The maximum Gasteiger partial charge on any atom is 0.416 e.